The van der Waals surface area contributed by atoms with Crippen LogP contribution in [0.2, 0.25) is 0 Å². The molecule has 0 bridgehead atoms. The molecule has 98 valence electrons. The van der Waals surface area contributed by atoms with Gasteiger partial charge in [0.25, 0.3) is 0 Å². The number of ether oxygens (including phenoxy) is 1. The van der Waals surface area contributed by atoms with Crippen LogP contribution in [0, 0.1) is 5.92 Å². The minimum atomic E-state index is -1.17. The highest BCUT2D eigenvalue weighted by Crippen LogP contribution is 2.07. The SMILES string of the molecule is CC(CNC(=O)OC(C)(C)C)C(=O)CC(=O)O. The van der Waals surface area contributed by atoms with Gasteiger partial charge < -0.3 is 15.2 Å². The van der Waals surface area contributed by atoms with Gasteiger partial charge in [0.1, 0.15) is 17.8 Å². The molecular weight excluding hydrogens is 226 g/mol. The van der Waals surface area contributed by atoms with E-state index in [1.165, 1.54) is 0 Å². The molecule has 0 saturated heterocycles. The molecule has 17 heavy (non-hydrogen) atoms. The molecule has 1 unspecified atom stereocenters. The summed E-state index contributed by atoms with van der Waals surface area (Å²) >= 11 is 0. The quantitative estimate of drug-likeness (QED) is 0.710. The highest BCUT2D eigenvalue weighted by molar-refractivity contribution is 5.96. The number of amides is 1. The molecule has 1 amide bonds. The molecule has 6 nitrogen and oxygen atoms in total. The number of rotatable bonds is 5. The van der Waals surface area contributed by atoms with Crippen LogP contribution in [0.25, 0.3) is 0 Å². The molecule has 6 heteroatoms. The Labute approximate surface area is 100 Å². The number of alkyl carbamates (subject to hydrolysis) is 1. The fraction of sp³-hybridized carbons (Fsp3) is 0.727. The number of carbonyl (C=O) groups is 3. The summed E-state index contributed by atoms with van der Waals surface area (Å²) in [6.07, 6.45) is -1.15. The molecule has 1 atom stereocenters. The molecule has 0 saturated carbocycles. The first kappa shape index (κ1) is 15.4. The highest BCUT2D eigenvalue weighted by Gasteiger charge is 2.19. The van der Waals surface area contributed by atoms with E-state index < -0.39 is 35.8 Å². The maximum Gasteiger partial charge on any atom is 0.407 e. The second-order valence-corrected chi connectivity index (χ2v) is 4.82. The molecule has 0 aromatic carbocycles. The predicted octanol–water partition coefficient (Wildman–Crippen LogP) is 1.19. The summed E-state index contributed by atoms with van der Waals surface area (Å²) in [5.74, 6) is -2.13. The van der Waals surface area contributed by atoms with Gasteiger partial charge in [0.2, 0.25) is 0 Å². The van der Waals surface area contributed by atoms with Crippen molar-refractivity contribution in [2.75, 3.05) is 6.54 Å². The van der Waals surface area contributed by atoms with Crippen LogP contribution >= 0.6 is 0 Å². The van der Waals surface area contributed by atoms with Crippen molar-refractivity contribution in [1.29, 1.82) is 0 Å². The van der Waals surface area contributed by atoms with Crippen LogP contribution in [-0.2, 0) is 14.3 Å². The van der Waals surface area contributed by atoms with Gasteiger partial charge in [0.05, 0.1) is 0 Å². The summed E-state index contributed by atoms with van der Waals surface area (Å²) in [5.41, 5.74) is -0.599. The molecule has 2 N–H and O–H groups in total. The third kappa shape index (κ3) is 8.24. The minimum absolute atomic E-state index is 0.0705. The van der Waals surface area contributed by atoms with Crippen LogP contribution in [0.5, 0.6) is 0 Å². The van der Waals surface area contributed by atoms with E-state index in [0.29, 0.717) is 0 Å². The zero-order chi connectivity index (χ0) is 13.6. The number of Topliss-reactive ketones (excluding diaryl/α,β-unsaturated/α-hetero) is 1. The lowest BCUT2D eigenvalue weighted by atomic mass is 10.0. The lowest BCUT2D eigenvalue weighted by Crippen LogP contribution is -2.36. The lowest BCUT2D eigenvalue weighted by Gasteiger charge is -2.20. The summed E-state index contributed by atoms with van der Waals surface area (Å²) < 4.78 is 4.97. The van der Waals surface area contributed by atoms with Crippen molar-refractivity contribution < 1.29 is 24.2 Å². The first-order valence-electron chi connectivity index (χ1n) is 5.33. The monoisotopic (exact) mass is 245 g/mol. The number of carbonyl (C=O) groups excluding carboxylic acids is 2. The fourth-order valence-corrected chi connectivity index (χ4v) is 0.988. The first-order chi connectivity index (χ1) is 7.61. The molecule has 0 radical (unpaired) electrons. The van der Waals surface area contributed by atoms with Gasteiger partial charge in [-0.3, -0.25) is 9.59 Å². The second-order valence-electron chi connectivity index (χ2n) is 4.82. The van der Waals surface area contributed by atoms with E-state index in [9.17, 15) is 14.4 Å². The van der Waals surface area contributed by atoms with Gasteiger partial charge in [-0.2, -0.15) is 0 Å². The molecule has 0 heterocycles. The van der Waals surface area contributed by atoms with Crippen molar-refractivity contribution in [3.8, 4) is 0 Å². The fourth-order valence-electron chi connectivity index (χ4n) is 0.988. The van der Waals surface area contributed by atoms with E-state index in [1.54, 1.807) is 27.7 Å². The molecule has 0 aliphatic carbocycles. The molecule has 0 aromatic rings. The van der Waals surface area contributed by atoms with Crippen molar-refractivity contribution in [1.82, 2.24) is 5.32 Å². The standard InChI is InChI=1S/C11H19NO5/c1-7(8(13)5-9(14)15)6-12-10(16)17-11(2,3)4/h7H,5-6H2,1-4H3,(H,12,16)(H,14,15). The third-order valence-electron chi connectivity index (χ3n) is 1.83. The minimum Gasteiger partial charge on any atom is -0.481 e. The second kappa shape index (κ2) is 6.22. The Morgan fingerprint density at radius 3 is 2.24 bits per heavy atom. The molecule has 0 aromatic heterocycles. The van der Waals surface area contributed by atoms with E-state index in [2.05, 4.69) is 5.32 Å². The highest BCUT2D eigenvalue weighted by atomic mass is 16.6. The van der Waals surface area contributed by atoms with E-state index in [4.69, 9.17) is 9.84 Å². The average Bonchev–Trinajstić information content (AvgIpc) is 2.10. The van der Waals surface area contributed by atoms with Crippen molar-refractivity contribution in [2.45, 2.75) is 39.7 Å². The van der Waals surface area contributed by atoms with E-state index >= 15 is 0 Å². The van der Waals surface area contributed by atoms with Gasteiger partial charge >= 0.3 is 12.1 Å². The van der Waals surface area contributed by atoms with Crippen LogP contribution < -0.4 is 5.32 Å². The number of nitrogens with one attached hydrogen (secondary N) is 1. The van der Waals surface area contributed by atoms with Crippen molar-refractivity contribution in [3.05, 3.63) is 0 Å². The zero-order valence-electron chi connectivity index (χ0n) is 10.6. The molecule has 0 spiro atoms. The Kier molecular flexibility index (Phi) is 5.64. The third-order valence-corrected chi connectivity index (χ3v) is 1.83. The molecular formula is C11H19NO5. The van der Waals surface area contributed by atoms with Gasteiger partial charge in [-0.15, -0.1) is 0 Å². The number of hydrogen-bond acceptors (Lipinski definition) is 4. The molecule has 0 aliphatic heterocycles. The number of carboxylic acids is 1. The van der Waals surface area contributed by atoms with Gasteiger partial charge in [0, 0.05) is 12.5 Å². The van der Waals surface area contributed by atoms with Crippen molar-refractivity contribution in [2.24, 2.45) is 5.92 Å². The molecule has 0 fully saturated rings. The van der Waals surface area contributed by atoms with Gasteiger partial charge in [-0.25, -0.2) is 4.79 Å². The van der Waals surface area contributed by atoms with Crippen LogP contribution in [0.3, 0.4) is 0 Å². The number of hydrogen-bond donors (Lipinski definition) is 2. The van der Waals surface area contributed by atoms with Crippen LogP contribution in [0.15, 0.2) is 0 Å². The average molecular weight is 245 g/mol. The number of carboxylic acid groups (broad SMARTS) is 1. The smallest absolute Gasteiger partial charge is 0.407 e. The largest absolute Gasteiger partial charge is 0.481 e. The van der Waals surface area contributed by atoms with Gasteiger partial charge in [-0.1, -0.05) is 6.92 Å². The first-order valence-corrected chi connectivity index (χ1v) is 5.33. The summed E-state index contributed by atoms with van der Waals surface area (Å²) in [5, 5.41) is 10.8. The Hall–Kier alpha value is -1.59. The number of aliphatic carboxylic acids is 1. The Bertz CT molecular complexity index is 305. The summed E-state index contributed by atoms with van der Waals surface area (Å²) in [7, 11) is 0. The molecule has 0 rings (SSSR count). The predicted molar refractivity (Wildman–Crippen MR) is 60.7 cm³/mol. The van der Waals surface area contributed by atoms with Crippen LogP contribution in [0.4, 0.5) is 4.79 Å². The van der Waals surface area contributed by atoms with E-state index in [-0.39, 0.29) is 6.54 Å². The Morgan fingerprint density at radius 1 is 1.29 bits per heavy atom. The van der Waals surface area contributed by atoms with Crippen molar-refractivity contribution in [3.63, 3.8) is 0 Å². The summed E-state index contributed by atoms with van der Waals surface area (Å²) in [4.78, 5) is 32.8. The molecule has 0 aliphatic rings. The van der Waals surface area contributed by atoms with Gasteiger partial charge in [0.15, 0.2) is 0 Å². The topological polar surface area (TPSA) is 92.7 Å². The van der Waals surface area contributed by atoms with Crippen LogP contribution in [0.1, 0.15) is 34.1 Å². The Balaban J connectivity index is 3.99. The van der Waals surface area contributed by atoms with E-state index in [1.807, 2.05) is 0 Å². The Morgan fingerprint density at radius 2 is 1.82 bits per heavy atom. The lowest BCUT2D eigenvalue weighted by molar-refractivity contribution is -0.141. The van der Waals surface area contributed by atoms with Crippen LogP contribution in [-0.4, -0.2) is 35.1 Å². The number of ketones is 1. The zero-order valence-corrected chi connectivity index (χ0v) is 10.6. The van der Waals surface area contributed by atoms with Gasteiger partial charge in [-0.05, 0) is 20.8 Å². The normalized spacial score (nSPS) is 12.7. The summed E-state index contributed by atoms with van der Waals surface area (Å²) in [6.45, 7) is 6.81. The summed E-state index contributed by atoms with van der Waals surface area (Å²) in [6, 6.07) is 0. The maximum atomic E-state index is 11.3. The maximum absolute atomic E-state index is 11.3. The van der Waals surface area contributed by atoms with Crippen molar-refractivity contribution >= 4 is 17.8 Å². The van der Waals surface area contributed by atoms with E-state index in [0.717, 1.165) is 0 Å².